The van der Waals surface area contributed by atoms with E-state index in [-0.39, 0.29) is 12.4 Å². The molecule has 0 bridgehead atoms. The lowest BCUT2D eigenvalue weighted by Gasteiger charge is -1.90. The van der Waals surface area contributed by atoms with Gasteiger partial charge in [-0.05, 0) is 12.3 Å². The largest absolute Gasteiger partial charge is 0.297 e. The van der Waals surface area contributed by atoms with E-state index in [0.717, 1.165) is 13.0 Å². The molecule has 0 atom stereocenters. The normalized spacial score (nSPS) is 10.2. The molecule has 0 aliphatic carbocycles. The van der Waals surface area contributed by atoms with Crippen LogP contribution in [0.4, 0.5) is 0 Å². The van der Waals surface area contributed by atoms with Crippen LogP contribution in [0.1, 0.15) is 27.2 Å². The van der Waals surface area contributed by atoms with Gasteiger partial charge in [0.05, 0.1) is 0 Å². The Bertz CT molecular complexity index is 69.3. The number of halogens is 1. The standard InChI is InChI=1S/C7H15N.ClH/c1-4-5-8-6-7(2)3;/h6-7H,4-5H2,1-3H3;1H. The predicted molar refractivity (Wildman–Crippen MR) is 45.7 cm³/mol. The molecule has 0 N–H and O–H groups in total. The summed E-state index contributed by atoms with van der Waals surface area (Å²) in [6, 6.07) is 0. The molecule has 0 aliphatic rings. The average Bonchev–Trinajstić information content (AvgIpc) is 1.66. The summed E-state index contributed by atoms with van der Waals surface area (Å²) in [6.07, 6.45) is 3.16. The number of nitrogens with zero attached hydrogens (tertiary/aromatic N) is 1. The topological polar surface area (TPSA) is 12.4 Å². The molecule has 0 saturated carbocycles. The van der Waals surface area contributed by atoms with E-state index in [9.17, 15) is 0 Å². The summed E-state index contributed by atoms with van der Waals surface area (Å²) >= 11 is 0. The van der Waals surface area contributed by atoms with Crippen molar-refractivity contribution >= 4 is 18.6 Å². The second-order valence-corrected chi connectivity index (χ2v) is 2.30. The maximum Gasteiger partial charge on any atom is 0.0382 e. The van der Waals surface area contributed by atoms with Crippen LogP contribution >= 0.6 is 12.4 Å². The molecule has 56 valence electrons. The highest BCUT2D eigenvalue weighted by Crippen LogP contribution is 1.85. The van der Waals surface area contributed by atoms with Gasteiger partial charge in [0.1, 0.15) is 0 Å². The van der Waals surface area contributed by atoms with Crippen LogP contribution < -0.4 is 0 Å². The first-order chi connectivity index (χ1) is 3.77. The van der Waals surface area contributed by atoms with E-state index in [4.69, 9.17) is 0 Å². The summed E-state index contributed by atoms with van der Waals surface area (Å²) in [7, 11) is 0. The lowest BCUT2D eigenvalue weighted by molar-refractivity contribution is 0.874. The fourth-order valence-electron chi connectivity index (χ4n) is 0.414. The second kappa shape index (κ2) is 7.96. The highest BCUT2D eigenvalue weighted by Gasteiger charge is 1.81. The minimum absolute atomic E-state index is 0. The van der Waals surface area contributed by atoms with Crippen molar-refractivity contribution in [2.24, 2.45) is 10.9 Å². The van der Waals surface area contributed by atoms with Crippen molar-refractivity contribution in [2.75, 3.05) is 6.54 Å². The second-order valence-electron chi connectivity index (χ2n) is 2.30. The van der Waals surface area contributed by atoms with Gasteiger partial charge in [-0.1, -0.05) is 20.8 Å². The number of rotatable bonds is 3. The Morgan fingerprint density at radius 3 is 2.33 bits per heavy atom. The summed E-state index contributed by atoms with van der Waals surface area (Å²) in [4.78, 5) is 4.16. The summed E-state index contributed by atoms with van der Waals surface area (Å²) in [5, 5.41) is 0. The first-order valence-corrected chi connectivity index (χ1v) is 3.27. The smallest absolute Gasteiger partial charge is 0.0382 e. The third-order valence-corrected chi connectivity index (χ3v) is 0.756. The van der Waals surface area contributed by atoms with Crippen molar-refractivity contribution in [2.45, 2.75) is 27.2 Å². The molecule has 0 aliphatic heterocycles. The summed E-state index contributed by atoms with van der Waals surface area (Å²) in [5.41, 5.74) is 0. The van der Waals surface area contributed by atoms with Gasteiger partial charge in [0, 0.05) is 12.8 Å². The third-order valence-electron chi connectivity index (χ3n) is 0.756. The zero-order valence-corrected chi connectivity index (χ0v) is 7.24. The Morgan fingerprint density at radius 1 is 1.44 bits per heavy atom. The van der Waals surface area contributed by atoms with Crippen LogP contribution in [0.2, 0.25) is 0 Å². The molecule has 0 aromatic rings. The Labute approximate surface area is 64.0 Å². The lowest BCUT2D eigenvalue weighted by atomic mass is 10.2. The monoisotopic (exact) mass is 149 g/mol. The van der Waals surface area contributed by atoms with Crippen molar-refractivity contribution in [1.29, 1.82) is 0 Å². The van der Waals surface area contributed by atoms with Gasteiger partial charge in [-0.15, -0.1) is 12.4 Å². The van der Waals surface area contributed by atoms with Gasteiger partial charge in [0.15, 0.2) is 0 Å². The van der Waals surface area contributed by atoms with Crippen LogP contribution in [0, 0.1) is 5.92 Å². The van der Waals surface area contributed by atoms with Crippen LogP contribution in [0.15, 0.2) is 4.99 Å². The van der Waals surface area contributed by atoms with Crippen molar-refractivity contribution in [1.82, 2.24) is 0 Å². The van der Waals surface area contributed by atoms with E-state index in [1.165, 1.54) is 0 Å². The van der Waals surface area contributed by atoms with Gasteiger partial charge in [-0.25, -0.2) is 0 Å². The van der Waals surface area contributed by atoms with Gasteiger partial charge in [0.25, 0.3) is 0 Å². The Hall–Kier alpha value is -0.0400. The third kappa shape index (κ3) is 11.5. The SMILES string of the molecule is CCCN=CC(C)C.Cl. The van der Waals surface area contributed by atoms with Crippen LogP contribution in [0.3, 0.4) is 0 Å². The molecule has 0 aromatic heterocycles. The highest BCUT2D eigenvalue weighted by molar-refractivity contribution is 5.85. The fourth-order valence-corrected chi connectivity index (χ4v) is 0.414. The molecule has 1 nitrogen and oxygen atoms in total. The molecule has 0 saturated heterocycles. The molecule has 0 amide bonds. The molecule has 0 spiro atoms. The minimum Gasteiger partial charge on any atom is -0.297 e. The van der Waals surface area contributed by atoms with Crippen LogP contribution in [0.25, 0.3) is 0 Å². The Kier molecular flexibility index (Phi) is 10.4. The van der Waals surface area contributed by atoms with E-state index in [1.807, 2.05) is 6.21 Å². The van der Waals surface area contributed by atoms with Gasteiger partial charge in [-0.2, -0.15) is 0 Å². The van der Waals surface area contributed by atoms with Crippen molar-refractivity contribution in [3.8, 4) is 0 Å². The molecule has 0 rings (SSSR count). The first kappa shape index (κ1) is 11.7. The molecule has 9 heavy (non-hydrogen) atoms. The van der Waals surface area contributed by atoms with Gasteiger partial charge < -0.3 is 0 Å². The molecule has 0 aromatic carbocycles. The van der Waals surface area contributed by atoms with E-state index in [2.05, 4.69) is 25.8 Å². The average molecular weight is 150 g/mol. The molecule has 2 heteroatoms. The lowest BCUT2D eigenvalue weighted by Crippen LogP contribution is -1.87. The Morgan fingerprint density at radius 2 is 2.00 bits per heavy atom. The predicted octanol–water partition coefficient (Wildman–Crippen LogP) is 2.55. The number of hydrogen-bond donors (Lipinski definition) is 0. The van der Waals surface area contributed by atoms with Gasteiger partial charge >= 0.3 is 0 Å². The fraction of sp³-hybridized carbons (Fsp3) is 0.857. The number of hydrogen-bond acceptors (Lipinski definition) is 1. The van der Waals surface area contributed by atoms with Crippen LogP contribution in [0.5, 0.6) is 0 Å². The van der Waals surface area contributed by atoms with Crippen molar-refractivity contribution < 1.29 is 0 Å². The molecule has 0 heterocycles. The highest BCUT2D eigenvalue weighted by atomic mass is 35.5. The molecular weight excluding hydrogens is 134 g/mol. The first-order valence-electron chi connectivity index (χ1n) is 3.27. The van der Waals surface area contributed by atoms with Crippen molar-refractivity contribution in [3.63, 3.8) is 0 Å². The zero-order valence-electron chi connectivity index (χ0n) is 6.42. The van der Waals surface area contributed by atoms with Crippen molar-refractivity contribution in [3.05, 3.63) is 0 Å². The minimum atomic E-state index is 0. The van der Waals surface area contributed by atoms with E-state index >= 15 is 0 Å². The van der Waals surface area contributed by atoms with Gasteiger partial charge in [0.2, 0.25) is 0 Å². The quantitative estimate of drug-likeness (QED) is 0.547. The maximum atomic E-state index is 4.16. The molecular formula is C7H16ClN. The van der Waals surface area contributed by atoms with E-state index in [1.54, 1.807) is 0 Å². The Balaban J connectivity index is 0. The van der Waals surface area contributed by atoms with E-state index in [0.29, 0.717) is 5.92 Å². The summed E-state index contributed by atoms with van der Waals surface area (Å²) < 4.78 is 0. The summed E-state index contributed by atoms with van der Waals surface area (Å²) in [6.45, 7) is 7.40. The van der Waals surface area contributed by atoms with Gasteiger partial charge in [-0.3, -0.25) is 4.99 Å². The van der Waals surface area contributed by atoms with E-state index < -0.39 is 0 Å². The van der Waals surface area contributed by atoms with Crippen LogP contribution in [-0.4, -0.2) is 12.8 Å². The van der Waals surface area contributed by atoms with Crippen LogP contribution in [-0.2, 0) is 0 Å². The molecule has 0 radical (unpaired) electrons. The molecule has 0 fully saturated rings. The molecule has 0 unspecified atom stereocenters. The summed E-state index contributed by atoms with van der Waals surface area (Å²) in [5.74, 6) is 0.613. The zero-order chi connectivity index (χ0) is 6.41. The number of aliphatic imine (C=N–C) groups is 1. The maximum absolute atomic E-state index is 4.16.